The van der Waals surface area contributed by atoms with Gasteiger partial charge in [-0.05, 0) is 42.4 Å². The molecule has 0 bridgehead atoms. The zero-order valence-electron chi connectivity index (χ0n) is 23.2. The van der Waals surface area contributed by atoms with Crippen LogP contribution in [0.4, 0.5) is 0 Å². The average molecular weight is 604 g/mol. The average Bonchev–Trinajstić information content (AvgIpc) is 2.92. The SMILES string of the molecule is CCCCCCCCCCCCCCCCNC(=S)NC(=O)c1cc(Br)ccc1OCCc1ccccc1. The highest BCUT2D eigenvalue weighted by Crippen LogP contribution is 2.23. The number of hydrogen-bond donors (Lipinski definition) is 2. The van der Waals surface area contributed by atoms with Crippen LogP contribution in [0.5, 0.6) is 5.75 Å². The minimum atomic E-state index is -0.264. The van der Waals surface area contributed by atoms with Gasteiger partial charge in [0.15, 0.2) is 5.11 Å². The van der Waals surface area contributed by atoms with E-state index in [4.69, 9.17) is 17.0 Å². The Morgan fingerprint density at radius 3 is 2.00 bits per heavy atom. The van der Waals surface area contributed by atoms with Crippen molar-refractivity contribution in [1.82, 2.24) is 10.6 Å². The largest absolute Gasteiger partial charge is 0.492 e. The van der Waals surface area contributed by atoms with Crippen molar-refractivity contribution in [2.24, 2.45) is 0 Å². The first kappa shape index (κ1) is 32.3. The van der Waals surface area contributed by atoms with Gasteiger partial charge in [-0.25, -0.2) is 0 Å². The zero-order valence-corrected chi connectivity index (χ0v) is 25.6. The highest BCUT2D eigenvalue weighted by atomic mass is 79.9. The van der Waals surface area contributed by atoms with Crippen LogP contribution in [0.1, 0.15) is 113 Å². The Kier molecular flexibility index (Phi) is 17.8. The van der Waals surface area contributed by atoms with E-state index in [1.165, 1.54) is 89.0 Å². The number of carbonyl (C=O) groups is 1. The van der Waals surface area contributed by atoms with Crippen LogP contribution in [-0.2, 0) is 6.42 Å². The van der Waals surface area contributed by atoms with E-state index in [-0.39, 0.29) is 5.91 Å². The number of benzene rings is 2. The summed E-state index contributed by atoms with van der Waals surface area (Å²) in [6.45, 7) is 3.54. The smallest absolute Gasteiger partial charge is 0.261 e. The summed E-state index contributed by atoms with van der Waals surface area (Å²) in [6, 6.07) is 15.6. The van der Waals surface area contributed by atoms with Crippen LogP contribution in [0.25, 0.3) is 0 Å². The van der Waals surface area contributed by atoms with E-state index in [1.54, 1.807) is 6.07 Å². The predicted octanol–water partition coefficient (Wildman–Crippen LogP) is 9.16. The minimum Gasteiger partial charge on any atom is -0.492 e. The molecule has 0 unspecified atom stereocenters. The number of nitrogens with one attached hydrogen (secondary N) is 2. The molecular weight excluding hydrogens is 556 g/mol. The van der Waals surface area contributed by atoms with Gasteiger partial charge < -0.3 is 10.1 Å². The second-order valence-electron chi connectivity index (χ2n) is 10.0. The van der Waals surface area contributed by atoms with Crippen LogP contribution in [0, 0.1) is 0 Å². The van der Waals surface area contributed by atoms with Crippen LogP contribution in [0.2, 0.25) is 0 Å². The topological polar surface area (TPSA) is 50.4 Å². The number of halogens is 1. The lowest BCUT2D eigenvalue weighted by atomic mass is 10.0. The summed E-state index contributed by atoms with van der Waals surface area (Å²) in [5, 5.41) is 6.34. The number of rotatable bonds is 20. The Hall–Kier alpha value is -1.92. The summed E-state index contributed by atoms with van der Waals surface area (Å²) in [4.78, 5) is 12.9. The molecule has 2 rings (SSSR count). The molecule has 0 atom stereocenters. The van der Waals surface area contributed by atoms with E-state index in [0.29, 0.717) is 23.0 Å². The van der Waals surface area contributed by atoms with Crippen molar-refractivity contribution in [3.63, 3.8) is 0 Å². The molecule has 38 heavy (non-hydrogen) atoms. The van der Waals surface area contributed by atoms with E-state index < -0.39 is 0 Å². The molecule has 210 valence electrons. The lowest BCUT2D eigenvalue weighted by Gasteiger charge is -2.14. The molecule has 0 spiro atoms. The standard InChI is InChI=1S/C32H47BrN2O2S/c1-2-3-4-5-6-7-8-9-10-11-12-13-14-18-24-34-32(38)35-31(36)29-26-28(33)21-22-30(29)37-25-23-27-19-16-15-17-20-27/h15-17,19-22,26H,2-14,18,23-25H2,1H3,(H2,34,35,36,38). The second kappa shape index (κ2) is 21.0. The fourth-order valence-corrected chi connectivity index (χ4v) is 5.02. The summed E-state index contributed by atoms with van der Waals surface area (Å²) in [7, 11) is 0. The van der Waals surface area contributed by atoms with Crippen molar-refractivity contribution >= 4 is 39.2 Å². The predicted molar refractivity (Wildman–Crippen MR) is 168 cm³/mol. The molecule has 4 nitrogen and oxygen atoms in total. The Morgan fingerprint density at radius 2 is 1.39 bits per heavy atom. The highest BCUT2D eigenvalue weighted by Gasteiger charge is 2.15. The maximum Gasteiger partial charge on any atom is 0.261 e. The van der Waals surface area contributed by atoms with Crippen molar-refractivity contribution in [3.8, 4) is 5.75 Å². The molecule has 0 saturated heterocycles. The number of amides is 1. The molecule has 0 radical (unpaired) electrons. The Balaban J connectivity index is 1.54. The monoisotopic (exact) mass is 602 g/mol. The fourth-order valence-electron chi connectivity index (χ4n) is 4.47. The molecular formula is C32H47BrN2O2S. The van der Waals surface area contributed by atoms with Crippen LogP contribution in [0.15, 0.2) is 53.0 Å². The van der Waals surface area contributed by atoms with Gasteiger partial charge in [0.2, 0.25) is 0 Å². The van der Waals surface area contributed by atoms with Gasteiger partial charge >= 0.3 is 0 Å². The third-order valence-electron chi connectivity index (χ3n) is 6.72. The first-order valence-electron chi connectivity index (χ1n) is 14.7. The third-order valence-corrected chi connectivity index (χ3v) is 7.46. The maximum atomic E-state index is 12.9. The normalized spacial score (nSPS) is 10.8. The summed E-state index contributed by atoms with van der Waals surface area (Å²) < 4.78 is 6.76. The number of unbranched alkanes of at least 4 members (excludes halogenated alkanes) is 13. The molecule has 0 heterocycles. The number of carbonyl (C=O) groups excluding carboxylic acids is 1. The van der Waals surface area contributed by atoms with Gasteiger partial charge in [-0.2, -0.15) is 0 Å². The maximum absolute atomic E-state index is 12.9. The molecule has 2 aromatic carbocycles. The highest BCUT2D eigenvalue weighted by molar-refractivity contribution is 9.10. The third kappa shape index (κ3) is 14.9. The zero-order chi connectivity index (χ0) is 27.3. The fraction of sp³-hybridized carbons (Fsp3) is 0.562. The van der Waals surface area contributed by atoms with Crippen LogP contribution in [0.3, 0.4) is 0 Å². The van der Waals surface area contributed by atoms with E-state index in [9.17, 15) is 4.79 Å². The van der Waals surface area contributed by atoms with Crippen molar-refractivity contribution in [2.45, 2.75) is 103 Å². The van der Waals surface area contributed by atoms with Crippen LogP contribution < -0.4 is 15.4 Å². The van der Waals surface area contributed by atoms with Gasteiger partial charge in [-0.15, -0.1) is 0 Å². The first-order valence-corrected chi connectivity index (χ1v) is 15.9. The molecule has 0 aromatic heterocycles. The van der Waals surface area contributed by atoms with E-state index in [0.717, 1.165) is 23.9 Å². The molecule has 0 saturated carbocycles. The first-order chi connectivity index (χ1) is 18.6. The van der Waals surface area contributed by atoms with Crippen molar-refractivity contribution in [3.05, 3.63) is 64.1 Å². The molecule has 6 heteroatoms. The molecule has 0 aliphatic carbocycles. The summed E-state index contributed by atoms with van der Waals surface area (Å²) in [5.41, 5.74) is 1.66. The van der Waals surface area contributed by atoms with Gasteiger partial charge in [0.25, 0.3) is 5.91 Å². The number of hydrogen-bond acceptors (Lipinski definition) is 3. The van der Waals surface area contributed by atoms with Gasteiger partial charge in [0.1, 0.15) is 5.75 Å². The van der Waals surface area contributed by atoms with Gasteiger partial charge in [0.05, 0.1) is 12.2 Å². The Labute approximate surface area is 244 Å². The quantitative estimate of drug-likeness (QED) is 0.117. The van der Waals surface area contributed by atoms with E-state index >= 15 is 0 Å². The molecule has 0 aliphatic rings. The van der Waals surface area contributed by atoms with Gasteiger partial charge in [-0.1, -0.05) is 137 Å². The van der Waals surface area contributed by atoms with E-state index in [1.807, 2.05) is 30.3 Å². The number of thiocarbonyl (C=S) groups is 1. The molecule has 2 aromatic rings. The van der Waals surface area contributed by atoms with Gasteiger partial charge in [0, 0.05) is 17.4 Å². The second-order valence-corrected chi connectivity index (χ2v) is 11.4. The van der Waals surface area contributed by atoms with Crippen LogP contribution >= 0.6 is 28.1 Å². The summed E-state index contributed by atoms with van der Waals surface area (Å²) in [6.07, 6.45) is 19.5. The lowest BCUT2D eigenvalue weighted by molar-refractivity contribution is 0.0972. The van der Waals surface area contributed by atoms with Crippen molar-refractivity contribution < 1.29 is 9.53 Å². The van der Waals surface area contributed by atoms with Crippen LogP contribution in [-0.4, -0.2) is 24.2 Å². The molecule has 0 aliphatic heterocycles. The Morgan fingerprint density at radius 1 is 0.816 bits per heavy atom. The molecule has 2 N–H and O–H groups in total. The number of ether oxygens (including phenoxy) is 1. The van der Waals surface area contributed by atoms with E-state index in [2.05, 4.69) is 45.6 Å². The van der Waals surface area contributed by atoms with Crippen molar-refractivity contribution in [1.29, 1.82) is 0 Å². The molecule has 1 amide bonds. The van der Waals surface area contributed by atoms with Crippen molar-refractivity contribution in [2.75, 3.05) is 13.2 Å². The molecule has 0 fully saturated rings. The minimum absolute atomic E-state index is 0.264. The summed E-state index contributed by atoms with van der Waals surface area (Å²) in [5.74, 6) is 0.288. The Bertz CT molecular complexity index is 923. The van der Waals surface area contributed by atoms with Gasteiger partial charge in [-0.3, -0.25) is 10.1 Å². The summed E-state index contributed by atoms with van der Waals surface area (Å²) >= 11 is 8.82. The lowest BCUT2D eigenvalue weighted by Crippen LogP contribution is -2.39.